The van der Waals surface area contributed by atoms with Crippen LogP contribution in [0, 0.1) is 0 Å². The van der Waals surface area contributed by atoms with Gasteiger partial charge in [-0.25, -0.2) is 15.0 Å². The Morgan fingerprint density at radius 3 is 2.79 bits per heavy atom. The quantitative estimate of drug-likeness (QED) is 0.662. The fourth-order valence-corrected chi connectivity index (χ4v) is 4.57. The lowest BCUT2D eigenvalue weighted by molar-refractivity contribution is 0.588. The van der Waals surface area contributed by atoms with Crippen molar-refractivity contribution < 1.29 is 0 Å². The van der Waals surface area contributed by atoms with Gasteiger partial charge < -0.3 is 15.5 Å². The molecule has 2 aromatic heterocycles. The predicted octanol–water partition coefficient (Wildman–Crippen LogP) is 3.90. The van der Waals surface area contributed by atoms with E-state index in [1.165, 1.54) is 12.8 Å². The summed E-state index contributed by atoms with van der Waals surface area (Å²) in [7, 11) is 0. The van der Waals surface area contributed by atoms with E-state index in [9.17, 15) is 0 Å². The number of nitrogens with zero attached hydrogens (tertiary/aromatic N) is 4. The lowest BCUT2D eigenvalue weighted by Gasteiger charge is -2.26. The number of hydrogen-bond donors (Lipinski definition) is 2. The van der Waals surface area contributed by atoms with E-state index in [1.54, 1.807) is 11.3 Å². The molecule has 6 nitrogen and oxygen atoms in total. The fraction of sp³-hybridized carbons (Fsp3) is 0.350. The number of thiazole rings is 1. The summed E-state index contributed by atoms with van der Waals surface area (Å²) in [5.41, 5.74) is 2.83. The number of hydrogen-bond acceptors (Lipinski definition) is 7. The summed E-state index contributed by atoms with van der Waals surface area (Å²) in [4.78, 5) is 17.5. The molecule has 0 spiro atoms. The molecule has 2 N–H and O–H groups in total. The smallest absolute Gasteiger partial charge is 0.223 e. The molecule has 1 aromatic carbocycles. The summed E-state index contributed by atoms with van der Waals surface area (Å²) >= 11 is 7.95. The average molecular weight is 413 g/mol. The molecule has 28 heavy (non-hydrogen) atoms. The first-order valence-electron chi connectivity index (χ1n) is 9.59. The Kier molecular flexibility index (Phi) is 4.88. The van der Waals surface area contributed by atoms with Crippen LogP contribution in [0.3, 0.4) is 0 Å². The zero-order valence-corrected chi connectivity index (χ0v) is 16.9. The highest BCUT2D eigenvalue weighted by atomic mass is 35.5. The maximum Gasteiger partial charge on any atom is 0.223 e. The van der Waals surface area contributed by atoms with Crippen LogP contribution in [0.25, 0.3) is 21.8 Å². The largest absolute Gasteiger partial charge is 0.351 e. The molecular weight excluding hydrogens is 392 g/mol. The minimum Gasteiger partial charge on any atom is -0.351 e. The van der Waals surface area contributed by atoms with Crippen molar-refractivity contribution in [3.63, 3.8) is 0 Å². The van der Waals surface area contributed by atoms with Crippen LogP contribution in [0.15, 0.2) is 36.5 Å². The first kappa shape index (κ1) is 17.8. The molecule has 0 amide bonds. The maximum absolute atomic E-state index is 6.26. The van der Waals surface area contributed by atoms with Gasteiger partial charge in [0.15, 0.2) is 5.13 Å². The van der Waals surface area contributed by atoms with Crippen molar-refractivity contribution in [1.29, 1.82) is 0 Å². The van der Waals surface area contributed by atoms with Crippen LogP contribution >= 0.6 is 22.9 Å². The number of halogens is 1. The number of nitrogens with one attached hydrogen (secondary N) is 2. The van der Waals surface area contributed by atoms with E-state index in [0.717, 1.165) is 53.1 Å². The zero-order chi connectivity index (χ0) is 18.9. The van der Waals surface area contributed by atoms with Gasteiger partial charge in [-0.3, -0.25) is 0 Å². The maximum atomic E-state index is 6.26. The Labute approximate surface area is 173 Å². The lowest BCUT2D eigenvalue weighted by atomic mass is 10.1. The van der Waals surface area contributed by atoms with Crippen molar-refractivity contribution in [2.75, 3.05) is 36.4 Å². The van der Waals surface area contributed by atoms with Gasteiger partial charge in [0.2, 0.25) is 5.95 Å². The zero-order valence-electron chi connectivity index (χ0n) is 15.4. The molecule has 2 aliphatic rings. The van der Waals surface area contributed by atoms with Crippen LogP contribution in [0.2, 0.25) is 5.02 Å². The van der Waals surface area contributed by atoms with Crippen LogP contribution < -0.4 is 15.5 Å². The van der Waals surface area contributed by atoms with Crippen molar-refractivity contribution in [1.82, 2.24) is 20.3 Å². The molecule has 0 atom stereocenters. The highest BCUT2D eigenvalue weighted by Crippen LogP contribution is 2.40. The number of benzene rings is 1. The summed E-state index contributed by atoms with van der Waals surface area (Å²) in [6.45, 7) is 3.87. The van der Waals surface area contributed by atoms with Crippen molar-refractivity contribution in [3.8, 4) is 21.8 Å². The third-order valence-corrected chi connectivity index (χ3v) is 6.27. The summed E-state index contributed by atoms with van der Waals surface area (Å²) in [6.07, 6.45) is 4.20. The molecule has 144 valence electrons. The van der Waals surface area contributed by atoms with Crippen molar-refractivity contribution >= 4 is 34.0 Å². The number of piperazine rings is 1. The predicted molar refractivity (Wildman–Crippen MR) is 115 cm³/mol. The summed E-state index contributed by atoms with van der Waals surface area (Å²) in [5.74, 6) is 0.689. The fourth-order valence-electron chi connectivity index (χ4n) is 3.27. The monoisotopic (exact) mass is 412 g/mol. The van der Waals surface area contributed by atoms with Gasteiger partial charge in [-0.05, 0) is 31.0 Å². The van der Waals surface area contributed by atoms with Gasteiger partial charge in [-0.15, -0.1) is 0 Å². The summed E-state index contributed by atoms with van der Waals surface area (Å²) in [6, 6.07) is 10.3. The molecular formula is C20H21ClN6S. The van der Waals surface area contributed by atoms with E-state index in [-0.39, 0.29) is 0 Å². The Morgan fingerprint density at radius 2 is 2.00 bits per heavy atom. The lowest BCUT2D eigenvalue weighted by Crippen LogP contribution is -2.43. The van der Waals surface area contributed by atoms with Crippen LogP contribution in [0.1, 0.15) is 12.8 Å². The van der Waals surface area contributed by atoms with Gasteiger partial charge in [-0.2, -0.15) is 0 Å². The molecule has 5 rings (SSSR count). The number of aromatic nitrogens is 3. The third kappa shape index (κ3) is 3.83. The van der Waals surface area contributed by atoms with Crippen LogP contribution in [-0.4, -0.2) is 47.2 Å². The van der Waals surface area contributed by atoms with E-state index in [1.807, 2.05) is 30.5 Å². The SMILES string of the molecule is Clc1cccc(-c2nc(N3CCNCC3)sc2-c2ccnc(NC3CC3)n2)c1. The Hall–Kier alpha value is -2.22. The second-order valence-corrected chi connectivity index (χ2v) is 8.52. The molecule has 8 heteroatoms. The second-order valence-electron chi connectivity index (χ2n) is 7.11. The molecule has 1 saturated carbocycles. The second kappa shape index (κ2) is 7.66. The minimum absolute atomic E-state index is 0.514. The van der Waals surface area contributed by atoms with Gasteiger partial charge in [0.05, 0.1) is 16.3 Å². The Morgan fingerprint density at radius 1 is 1.14 bits per heavy atom. The van der Waals surface area contributed by atoms with E-state index in [0.29, 0.717) is 17.0 Å². The normalized spacial score (nSPS) is 17.0. The van der Waals surface area contributed by atoms with Crippen molar-refractivity contribution in [3.05, 3.63) is 41.6 Å². The van der Waals surface area contributed by atoms with Crippen LogP contribution in [0.4, 0.5) is 11.1 Å². The van der Waals surface area contributed by atoms with Gasteiger partial charge in [0, 0.05) is 49.0 Å². The summed E-state index contributed by atoms with van der Waals surface area (Å²) < 4.78 is 0. The molecule has 0 radical (unpaired) electrons. The van der Waals surface area contributed by atoms with E-state index < -0.39 is 0 Å². The highest BCUT2D eigenvalue weighted by molar-refractivity contribution is 7.19. The molecule has 0 unspecified atom stereocenters. The third-order valence-electron chi connectivity index (χ3n) is 4.90. The van der Waals surface area contributed by atoms with Gasteiger partial charge in [-0.1, -0.05) is 35.1 Å². The van der Waals surface area contributed by atoms with E-state index in [4.69, 9.17) is 21.6 Å². The number of anilines is 2. The van der Waals surface area contributed by atoms with Crippen molar-refractivity contribution in [2.45, 2.75) is 18.9 Å². The van der Waals surface area contributed by atoms with Gasteiger partial charge in [0.25, 0.3) is 0 Å². The van der Waals surface area contributed by atoms with E-state index in [2.05, 4.69) is 26.6 Å². The molecule has 3 aromatic rings. The standard InChI is InChI=1S/C20H21ClN6S/c21-14-3-1-2-13(12-14)17-18(28-20(26-17)27-10-8-22-9-11-27)16-6-7-23-19(25-16)24-15-4-5-15/h1-3,6-7,12,15,22H,4-5,8-11H2,(H,23,24,25). The Bertz CT molecular complexity index is 980. The van der Waals surface area contributed by atoms with Gasteiger partial charge in [0.1, 0.15) is 0 Å². The highest BCUT2D eigenvalue weighted by Gasteiger charge is 2.24. The first-order valence-corrected chi connectivity index (χ1v) is 10.8. The molecule has 2 fully saturated rings. The first-order chi connectivity index (χ1) is 13.8. The van der Waals surface area contributed by atoms with Crippen LogP contribution in [-0.2, 0) is 0 Å². The molecule has 1 aliphatic heterocycles. The molecule has 3 heterocycles. The topological polar surface area (TPSA) is 66.0 Å². The van der Waals surface area contributed by atoms with Crippen LogP contribution in [0.5, 0.6) is 0 Å². The molecule has 0 bridgehead atoms. The molecule has 1 saturated heterocycles. The van der Waals surface area contributed by atoms with Crippen molar-refractivity contribution in [2.24, 2.45) is 0 Å². The minimum atomic E-state index is 0.514. The van der Waals surface area contributed by atoms with E-state index >= 15 is 0 Å². The van der Waals surface area contributed by atoms with Gasteiger partial charge >= 0.3 is 0 Å². The Balaban J connectivity index is 1.57. The molecule has 1 aliphatic carbocycles. The summed E-state index contributed by atoms with van der Waals surface area (Å²) in [5, 5.41) is 8.52. The number of rotatable bonds is 5. The average Bonchev–Trinajstić information content (AvgIpc) is 3.42.